The van der Waals surface area contributed by atoms with Crippen molar-refractivity contribution in [3.05, 3.63) is 0 Å². The SMILES string of the molecule is CCCCCCCCCCCCCCOC(C[N+](C)(C)C)C(=O)CCCCCCCCCCC. The van der Waals surface area contributed by atoms with Crippen LogP contribution < -0.4 is 0 Å². The molecule has 204 valence electrons. The largest absolute Gasteiger partial charge is 0.364 e. The molecule has 0 saturated heterocycles. The molecule has 0 spiro atoms. The maximum atomic E-state index is 12.8. The second-order valence-corrected chi connectivity index (χ2v) is 11.8. The predicted octanol–water partition coefficient (Wildman–Crippen LogP) is 9.27. The maximum absolute atomic E-state index is 12.8. The Hall–Kier alpha value is -0.410. The second kappa shape index (κ2) is 24.3. The van der Waals surface area contributed by atoms with Gasteiger partial charge in [-0.05, 0) is 12.8 Å². The molecule has 1 atom stereocenters. The third kappa shape index (κ3) is 24.7. The highest BCUT2D eigenvalue weighted by atomic mass is 16.5. The number of hydrogen-bond acceptors (Lipinski definition) is 2. The van der Waals surface area contributed by atoms with Gasteiger partial charge in [-0.2, -0.15) is 0 Å². The van der Waals surface area contributed by atoms with Crippen LogP contribution in [0.25, 0.3) is 0 Å². The van der Waals surface area contributed by atoms with E-state index in [1.54, 1.807) is 0 Å². The molecule has 0 aliphatic heterocycles. The van der Waals surface area contributed by atoms with E-state index in [9.17, 15) is 4.79 Å². The van der Waals surface area contributed by atoms with E-state index in [0.29, 0.717) is 12.2 Å². The van der Waals surface area contributed by atoms with E-state index in [2.05, 4.69) is 35.0 Å². The van der Waals surface area contributed by atoms with Crippen molar-refractivity contribution >= 4 is 5.78 Å². The number of hydrogen-bond donors (Lipinski definition) is 0. The molecule has 0 aromatic rings. The summed E-state index contributed by atoms with van der Waals surface area (Å²) in [5.41, 5.74) is 0. The molecule has 34 heavy (non-hydrogen) atoms. The molecule has 0 aliphatic rings. The molecule has 3 nitrogen and oxygen atoms in total. The summed E-state index contributed by atoms with van der Waals surface area (Å²) >= 11 is 0. The van der Waals surface area contributed by atoms with Gasteiger partial charge < -0.3 is 9.22 Å². The Labute approximate surface area is 215 Å². The number of ether oxygens (including phenoxy) is 1. The molecule has 0 aliphatic carbocycles. The molecule has 3 heteroatoms. The molecule has 1 unspecified atom stereocenters. The quantitative estimate of drug-likeness (QED) is 0.0861. The normalized spacial score (nSPS) is 12.9. The lowest BCUT2D eigenvalue weighted by Gasteiger charge is -2.28. The maximum Gasteiger partial charge on any atom is 0.167 e. The van der Waals surface area contributed by atoms with Crippen molar-refractivity contribution in [2.24, 2.45) is 0 Å². The fourth-order valence-electron chi connectivity index (χ4n) is 4.68. The van der Waals surface area contributed by atoms with Gasteiger partial charge in [0.15, 0.2) is 11.9 Å². The van der Waals surface area contributed by atoms with Gasteiger partial charge in [0, 0.05) is 13.0 Å². The number of Topliss-reactive ketones (excluding diaryl/α,β-unsaturated/α-hetero) is 1. The molecule has 0 radical (unpaired) electrons. The van der Waals surface area contributed by atoms with Crippen LogP contribution in [0.2, 0.25) is 0 Å². The fraction of sp³-hybridized carbons (Fsp3) is 0.968. The lowest BCUT2D eigenvalue weighted by atomic mass is 10.0. The summed E-state index contributed by atoms with van der Waals surface area (Å²) in [6.07, 6.45) is 28.3. The molecular formula is C31H64NO2+. The Balaban J connectivity index is 3.83. The molecule has 0 aromatic carbocycles. The number of carbonyl (C=O) groups is 1. The zero-order valence-electron chi connectivity index (χ0n) is 24.3. The van der Waals surface area contributed by atoms with E-state index in [1.165, 1.54) is 122 Å². The molecule has 0 N–H and O–H groups in total. The first kappa shape index (κ1) is 33.6. The highest BCUT2D eigenvalue weighted by Gasteiger charge is 2.25. The van der Waals surface area contributed by atoms with Crippen LogP contribution in [0, 0.1) is 0 Å². The first-order chi connectivity index (χ1) is 16.4. The Kier molecular flexibility index (Phi) is 24.0. The van der Waals surface area contributed by atoms with Crippen molar-refractivity contribution in [2.75, 3.05) is 34.3 Å². The van der Waals surface area contributed by atoms with Gasteiger partial charge in [0.05, 0.1) is 21.1 Å². The van der Waals surface area contributed by atoms with Crippen molar-refractivity contribution in [3.63, 3.8) is 0 Å². The van der Waals surface area contributed by atoms with Gasteiger partial charge in [-0.15, -0.1) is 0 Å². The average Bonchev–Trinajstić information content (AvgIpc) is 2.79. The molecule has 0 aromatic heterocycles. The summed E-state index contributed by atoms with van der Waals surface area (Å²) in [5.74, 6) is 0.329. The summed E-state index contributed by atoms with van der Waals surface area (Å²) in [5, 5.41) is 0. The van der Waals surface area contributed by atoms with Gasteiger partial charge in [0.1, 0.15) is 6.54 Å². The molecule has 0 bridgehead atoms. The minimum atomic E-state index is -0.221. The Morgan fingerprint density at radius 3 is 1.29 bits per heavy atom. The third-order valence-corrected chi connectivity index (χ3v) is 6.92. The van der Waals surface area contributed by atoms with Gasteiger partial charge in [-0.3, -0.25) is 4.79 Å². The van der Waals surface area contributed by atoms with Gasteiger partial charge >= 0.3 is 0 Å². The van der Waals surface area contributed by atoms with Crippen LogP contribution >= 0.6 is 0 Å². The zero-order valence-corrected chi connectivity index (χ0v) is 24.3. The average molecular weight is 483 g/mol. The summed E-state index contributed by atoms with van der Waals surface area (Å²) in [7, 11) is 6.48. The van der Waals surface area contributed by atoms with Gasteiger partial charge in [-0.25, -0.2) is 0 Å². The predicted molar refractivity (Wildman–Crippen MR) is 151 cm³/mol. The van der Waals surface area contributed by atoms with Gasteiger partial charge in [0.25, 0.3) is 0 Å². The molecule has 0 saturated carbocycles. The number of unbranched alkanes of at least 4 members (excludes halogenated alkanes) is 19. The summed E-state index contributed by atoms with van der Waals surface area (Å²) < 4.78 is 6.92. The number of likely N-dealkylation sites (N-methyl/N-ethyl adjacent to an activating group) is 1. The van der Waals surface area contributed by atoms with E-state index >= 15 is 0 Å². The topological polar surface area (TPSA) is 26.3 Å². The van der Waals surface area contributed by atoms with Crippen molar-refractivity contribution in [1.29, 1.82) is 0 Å². The minimum Gasteiger partial charge on any atom is -0.364 e. The summed E-state index contributed by atoms with van der Waals surface area (Å²) in [6, 6.07) is 0. The molecule has 0 amide bonds. The number of carbonyl (C=O) groups excluding carboxylic acids is 1. The van der Waals surface area contributed by atoms with Crippen LogP contribution in [0.3, 0.4) is 0 Å². The lowest BCUT2D eigenvalue weighted by Crippen LogP contribution is -2.45. The number of nitrogens with zero attached hydrogens (tertiary/aromatic N) is 1. The lowest BCUT2D eigenvalue weighted by molar-refractivity contribution is -0.872. The van der Waals surface area contributed by atoms with Crippen LogP contribution in [0.5, 0.6) is 0 Å². The summed E-state index contributed by atoms with van der Waals surface area (Å²) in [6.45, 7) is 6.08. The van der Waals surface area contributed by atoms with Crippen molar-refractivity contribution in [3.8, 4) is 0 Å². The van der Waals surface area contributed by atoms with E-state index in [4.69, 9.17) is 4.74 Å². The number of ketones is 1. The van der Waals surface area contributed by atoms with Crippen LogP contribution in [-0.4, -0.2) is 50.7 Å². The number of quaternary nitrogens is 1. The standard InChI is InChI=1S/C31H64NO2/c1-6-8-10-12-14-16-17-18-20-22-24-26-28-34-31(29-32(3,4)5)30(33)27-25-23-21-19-15-13-11-9-7-2/h31H,6-29H2,1-5H3/q+1. The highest BCUT2D eigenvalue weighted by Crippen LogP contribution is 2.14. The monoisotopic (exact) mass is 482 g/mol. The third-order valence-electron chi connectivity index (χ3n) is 6.92. The van der Waals surface area contributed by atoms with E-state index in [0.717, 1.165) is 30.5 Å². The molecule has 0 fully saturated rings. The Morgan fingerprint density at radius 2 is 0.912 bits per heavy atom. The van der Waals surface area contributed by atoms with Crippen LogP contribution in [-0.2, 0) is 9.53 Å². The van der Waals surface area contributed by atoms with Gasteiger partial charge in [0.2, 0.25) is 0 Å². The van der Waals surface area contributed by atoms with E-state index in [-0.39, 0.29) is 6.10 Å². The zero-order chi connectivity index (χ0) is 25.3. The number of rotatable bonds is 27. The van der Waals surface area contributed by atoms with Crippen molar-refractivity contribution in [1.82, 2.24) is 0 Å². The van der Waals surface area contributed by atoms with Crippen LogP contribution in [0.1, 0.15) is 155 Å². The second-order valence-electron chi connectivity index (χ2n) is 11.8. The smallest absolute Gasteiger partial charge is 0.167 e. The van der Waals surface area contributed by atoms with Crippen molar-refractivity contribution in [2.45, 2.75) is 161 Å². The van der Waals surface area contributed by atoms with Gasteiger partial charge in [-0.1, -0.05) is 136 Å². The Bertz CT molecular complexity index is 430. The minimum absolute atomic E-state index is 0.221. The van der Waals surface area contributed by atoms with E-state index in [1.807, 2.05) is 0 Å². The Morgan fingerprint density at radius 1 is 0.559 bits per heavy atom. The van der Waals surface area contributed by atoms with E-state index < -0.39 is 0 Å². The summed E-state index contributed by atoms with van der Waals surface area (Å²) in [4.78, 5) is 12.8. The first-order valence-electron chi connectivity index (χ1n) is 15.4. The van der Waals surface area contributed by atoms with Crippen molar-refractivity contribution < 1.29 is 14.0 Å². The fourth-order valence-corrected chi connectivity index (χ4v) is 4.68. The van der Waals surface area contributed by atoms with Crippen LogP contribution in [0.4, 0.5) is 0 Å². The van der Waals surface area contributed by atoms with Crippen LogP contribution in [0.15, 0.2) is 0 Å². The highest BCUT2D eigenvalue weighted by molar-refractivity contribution is 5.83. The first-order valence-corrected chi connectivity index (χ1v) is 15.4. The molecular weight excluding hydrogens is 418 g/mol. The molecule has 0 rings (SSSR count). The molecule has 0 heterocycles.